The first-order valence-electron chi connectivity index (χ1n) is 8.70. The average molecular weight is 392 g/mol. The zero-order valence-corrected chi connectivity index (χ0v) is 15.7. The summed E-state index contributed by atoms with van der Waals surface area (Å²) in [6.07, 6.45) is 1.48. The number of carbonyl (C=O) groups is 1. The summed E-state index contributed by atoms with van der Waals surface area (Å²) in [5.74, 6) is 1.40. The molecule has 1 fully saturated rings. The van der Waals surface area contributed by atoms with Gasteiger partial charge >= 0.3 is 0 Å². The third-order valence-corrected chi connectivity index (χ3v) is 6.66. The lowest BCUT2D eigenvalue weighted by atomic mass is 10.2. The maximum absolute atomic E-state index is 12.9. The molecule has 1 saturated heterocycles. The minimum Gasteiger partial charge on any atom is -0.486 e. The van der Waals surface area contributed by atoms with Gasteiger partial charge in [-0.1, -0.05) is 0 Å². The van der Waals surface area contributed by atoms with Crippen molar-refractivity contribution in [3.05, 3.63) is 41.9 Å². The van der Waals surface area contributed by atoms with E-state index in [-0.39, 0.29) is 23.9 Å². The van der Waals surface area contributed by atoms with Crippen LogP contribution in [0.3, 0.4) is 0 Å². The van der Waals surface area contributed by atoms with E-state index in [9.17, 15) is 13.2 Å². The largest absolute Gasteiger partial charge is 0.486 e. The van der Waals surface area contributed by atoms with E-state index in [0.29, 0.717) is 49.1 Å². The van der Waals surface area contributed by atoms with Crippen molar-refractivity contribution in [2.45, 2.75) is 11.8 Å². The topological polar surface area (TPSA) is 89.3 Å². The predicted octanol–water partition coefficient (Wildman–Crippen LogP) is 1.51. The molecule has 1 aromatic heterocycles. The molecule has 9 heteroatoms. The molecule has 0 atom stereocenters. The van der Waals surface area contributed by atoms with Crippen molar-refractivity contribution in [2.75, 3.05) is 39.4 Å². The van der Waals surface area contributed by atoms with Crippen LogP contribution >= 0.6 is 0 Å². The Labute approximate surface area is 157 Å². The lowest BCUT2D eigenvalue weighted by molar-refractivity contribution is 0.0696. The van der Waals surface area contributed by atoms with Gasteiger partial charge in [-0.25, -0.2) is 8.42 Å². The molecular weight excluding hydrogens is 372 g/mol. The number of hydrogen-bond acceptors (Lipinski definition) is 6. The maximum Gasteiger partial charge on any atom is 0.257 e. The smallest absolute Gasteiger partial charge is 0.257 e. The maximum atomic E-state index is 12.9. The van der Waals surface area contributed by atoms with Crippen LogP contribution < -0.4 is 9.47 Å². The molecular formula is C18H20N2O6S. The van der Waals surface area contributed by atoms with E-state index < -0.39 is 10.0 Å². The van der Waals surface area contributed by atoms with Crippen molar-refractivity contribution < 1.29 is 27.1 Å². The van der Waals surface area contributed by atoms with Crippen LogP contribution in [-0.2, 0) is 10.0 Å². The van der Waals surface area contributed by atoms with Crippen molar-refractivity contribution in [1.29, 1.82) is 0 Å². The third kappa shape index (κ3) is 3.28. The Hall–Kier alpha value is -2.52. The number of amides is 1. The van der Waals surface area contributed by atoms with Gasteiger partial charge in [-0.3, -0.25) is 4.79 Å². The number of sulfonamides is 1. The summed E-state index contributed by atoms with van der Waals surface area (Å²) in [7, 11) is -3.67. The lowest BCUT2D eigenvalue weighted by Gasteiger charge is -2.34. The number of piperazine rings is 1. The lowest BCUT2D eigenvalue weighted by Crippen LogP contribution is -2.50. The van der Waals surface area contributed by atoms with Gasteiger partial charge in [-0.2, -0.15) is 4.31 Å². The van der Waals surface area contributed by atoms with Crippen molar-refractivity contribution in [3.8, 4) is 11.5 Å². The Balaban J connectivity index is 1.47. The molecule has 1 aromatic carbocycles. The van der Waals surface area contributed by atoms with Gasteiger partial charge in [0.15, 0.2) is 11.5 Å². The number of nitrogens with zero attached hydrogens (tertiary/aromatic N) is 2. The van der Waals surface area contributed by atoms with E-state index in [0.717, 1.165) is 0 Å². The summed E-state index contributed by atoms with van der Waals surface area (Å²) in [6.45, 7) is 3.70. The molecule has 0 bridgehead atoms. The zero-order valence-electron chi connectivity index (χ0n) is 14.9. The molecule has 4 rings (SSSR count). The minimum atomic E-state index is -3.67. The Morgan fingerprint density at radius 3 is 2.37 bits per heavy atom. The van der Waals surface area contributed by atoms with E-state index >= 15 is 0 Å². The van der Waals surface area contributed by atoms with E-state index in [4.69, 9.17) is 13.9 Å². The highest BCUT2D eigenvalue weighted by molar-refractivity contribution is 7.89. The molecule has 3 heterocycles. The van der Waals surface area contributed by atoms with Crippen molar-refractivity contribution in [3.63, 3.8) is 0 Å². The second-order valence-corrected chi connectivity index (χ2v) is 8.33. The van der Waals surface area contributed by atoms with Crippen LogP contribution in [-0.4, -0.2) is 62.9 Å². The van der Waals surface area contributed by atoms with Gasteiger partial charge in [-0.05, 0) is 25.1 Å². The molecule has 2 aliphatic rings. The molecule has 8 nitrogen and oxygen atoms in total. The van der Waals surface area contributed by atoms with Crippen LogP contribution in [0.25, 0.3) is 0 Å². The first-order valence-corrected chi connectivity index (χ1v) is 10.1. The van der Waals surface area contributed by atoms with Gasteiger partial charge < -0.3 is 18.8 Å². The van der Waals surface area contributed by atoms with Crippen molar-refractivity contribution >= 4 is 15.9 Å². The number of benzene rings is 1. The molecule has 0 unspecified atom stereocenters. The van der Waals surface area contributed by atoms with Gasteiger partial charge in [0.25, 0.3) is 5.91 Å². The Bertz CT molecular complexity index is 960. The summed E-state index contributed by atoms with van der Waals surface area (Å²) >= 11 is 0. The van der Waals surface area contributed by atoms with Crippen LogP contribution in [0.5, 0.6) is 11.5 Å². The van der Waals surface area contributed by atoms with E-state index in [2.05, 4.69) is 0 Å². The Morgan fingerprint density at radius 2 is 1.70 bits per heavy atom. The fourth-order valence-corrected chi connectivity index (χ4v) is 4.68. The standard InChI is InChI=1S/C18H20N2O6S/c1-13-15(4-9-24-13)18(21)19-5-7-20(8-6-19)27(22,23)14-2-3-16-17(12-14)26-11-10-25-16/h2-4,9,12H,5-8,10-11H2,1H3. The van der Waals surface area contributed by atoms with Gasteiger partial charge in [0, 0.05) is 32.2 Å². The molecule has 1 amide bonds. The molecule has 0 spiro atoms. The van der Waals surface area contributed by atoms with Crippen molar-refractivity contribution in [2.24, 2.45) is 0 Å². The monoisotopic (exact) mass is 392 g/mol. The number of fused-ring (bicyclic) bond motifs is 1. The number of rotatable bonds is 3. The fourth-order valence-electron chi connectivity index (χ4n) is 3.24. The van der Waals surface area contributed by atoms with Crippen LogP contribution in [0.2, 0.25) is 0 Å². The Morgan fingerprint density at radius 1 is 1.00 bits per heavy atom. The van der Waals surface area contributed by atoms with Gasteiger partial charge in [0.1, 0.15) is 19.0 Å². The zero-order chi connectivity index (χ0) is 19.0. The normalized spacial score (nSPS) is 17.7. The number of hydrogen-bond donors (Lipinski definition) is 0. The molecule has 0 radical (unpaired) electrons. The second kappa shape index (κ2) is 6.90. The SMILES string of the molecule is Cc1occc1C(=O)N1CCN(S(=O)(=O)c2ccc3c(c2)OCCO3)CC1. The summed E-state index contributed by atoms with van der Waals surface area (Å²) in [5.41, 5.74) is 0.512. The van der Waals surface area contributed by atoms with Gasteiger partial charge in [0.05, 0.1) is 16.7 Å². The molecule has 2 aliphatic heterocycles. The first kappa shape index (κ1) is 17.9. The average Bonchev–Trinajstić information content (AvgIpc) is 3.13. The van der Waals surface area contributed by atoms with Crippen LogP contribution in [0.15, 0.2) is 39.8 Å². The van der Waals surface area contributed by atoms with E-state index in [1.807, 2.05) is 0 Å². The molecule has 144 valence electrons. The highest BCUT2D eigenvalue weighted by Crippen LogP contribution is 2.33. The predicted molar refractivity (Wildman–Crippen MR) is 95.5 cm³/mol. The highest BCUT2D eigenvalue weighted by Gasteiger charge is 2.32. The molecule has 27 heavy (non-hydrogen) atoms. The van der Waals surface area contributed by atoms with Crippen LogP contribution in [0, 0.1) is 6.92 Å². The molecule has 0 saturated carbocycles. The summed E-state index contributed by atoms with van der Waals surface area (Å²) < 4.78 is 43.4. The summed E-state index contributed by atoms with van der Waals surface area (Å²) in [5, 5.41) is 0. The minimum absolute atomic E-state index is 0.141. The number of aryl methyl sites for hydroxylation is 1. The van der Waals surface area contributed by atoms with E-state index in [1.165, 1.54) is 22.7 Å². The second-order valence-electron chi connectivity index (χ2n) is 6.39. The molecule has 0 N–H and O–H groups in total. The number of ether oxygens (including phenoxy) is 2. The molecule has 0 aliphatic carbocycles. The number of furan rings is 1. The van der Waals surface area contributed by atoms with Gasteiger partial charge in [-0.15, -0.1) is 0 Å². The van der Waals surface area contributed by atoms with E-state index in [1.54, 1.807) is 24.0 Å². The first-order chi connectivity index (χ1) is 13.0. The van der Waals surface area contributed by atoms with Gasteiger partial charge in [0.2, 0.25) is 10.0 Å². The third-order valence-electron chi connectivity index (χ3n) is 4.77. The quantitative estimate of drug-likeness (QED) is 0.787. The summed E-state index contributed by atoms with van der Waals surface area (Å²) in [6, 6.07) is 6.27. The Kier molecular flexibility index (Phi) is 4.56. The van der Waals surface area contributed by atoms with Crippen LogP contribution in [0.1, 0.15) is 16.1 Å². The summed E-state index contributed by atoms with van der Waals surface area (Å²) in [4.78, 5) is 14.3. The highest BCUT2D eigenvalue weighted by atomic mass is 32.2. The van der Waals surface area contributed by atoms with Crippen molar-refractivity contribution in [1.82, 2.24) is 9.21 Å². The fraction of sp³-hybridized carbons (Fsp3) is 0.389. The molecule has 2 aromatic rings. The van der Waals surface area contributed by atoms with Crippen LogP contribution in [0.4, 0.5) is 0 Å². The number of carbonyl (C=O) groups excluding carboxylic acids is 1.